The van der Waals surface area contributed by atoms with Crippen LogP contribution in [-0.4, -0.2) is 16.5 Å². The van der Waals surface area contributed by atoms with Crippen molar-refractivity contribution in [3.63, 3.8) is 0 Å². The number of anilines is 4. The maximum Gasteiger partial charge on any atom is 0.176 e. The fourth-order valence-corrected chi connectivity index (χ4v) is 1.99. The third-order valence-electron chi connectivity index (χ3n) is 2.69. The summed E-state index contributed by atoms with van der Waals surface area (Å²) in [5.74, 6) is 1.62. The van der Waals surface area contributed by atoms with E-state index in [0.717, 1.165) is 23.0 Å². The third kappa shape index (κ3) is 1.54. The Balaban J connectivity index is 2.16. The summed E-state index contributed by atoms with van der Waals surface area (Å²) in [5.41, 5.74) is 2.14. The van der Waals surface area contributed by atoms with Gasteiger partial charge in [-0.2, -0.15) is 0 Å². The molecule has 0 amide bonds. The number of rotatable bonds is 2. The average Bonchev–Trinajstić information content (AvgIpc) is 2.39. The van der Waals surface area contributed by atoms with Crippen LogP contribution in [0.3, 0.4) is 0 Å². The van der Waals surface area contributed by atoms with Crippen LogP contribution in [0.4, 0.5) is 23.0 Å². The molecule has 4 nitrogen and oxygen atoms in total. The topological polar surface area (TPSA) is 41.0 Å². The van der Waals surface area contributed by atoms with Crippen LogP contribution < -0.4 is 10.2 Å². The number of fused-ring (bicyclic) bond motifs is 2. The summed E-state index contributed by atoms with van der Waals surface area (Å²) in [4.78, 5) is 10.8. The lowest BCUT2D eigenvalue weighted by atomic mass is 10.2. The zero-order valence-corrected chi connectivity index (χ0v) is 9.30. The number of nitrogens with zero attached hydrogens (tertiary/aromatic N) is 3. The highest BCUT2D eigenvalue weighted by molar-refractivity contribution is 5.88. The second kappa shape index (κ2) is 3.90. The van der Waals surface area contributed by atoms with E-state index in [1.165, 1.54) is 0 Å². The number of benzene rings is 1. The van der Waals surface area contributed by atoms with E-state index >= 15 is 0 Å². The van der Waals surface area contributed by atoms with Crippen molar-refractivity contribution in [1.82, 2.24) is 9.97 Å². The minimum Gasteiger partial charge on any atom is -0.335 e. The molecule has 4 heteroatoms. The normalized spacial score (nSPS) is 12.4. The van der Waals surface area contributed by atoms with Crippen LogP contribution in [0.2, 0.25) is 0 Å². The Kier molecular flexibility index (Phi) is 2.26. The predicted octanol–water partition coefficient (Wildman–Crippen LogP) is 2.86. The third-order valence-corrected chi connectivity index (χ3v) is 2.69. The van der Waals surface area contributed by atoms with Crippen LogP contribution in [0.15, 0.2) is 49.3 Å². The zero-order valence-electron chi connectivity index (χ0n) is 9.30. The summed E-state index contributed by atoms with van der Waals surface area (Å²) in [6.07, 6.45) is 5.25. The van der Waals surface area contributed by atoms with Gasteiger partial charge in [0.15, 0.2) is 11.6 Å². The molecule has 0 atom stereocenters. The highest BCUT2D eigenvalue weighted by Gasteiger charge is 2.22. The molecule has 0 unspecified atom stereocenters. The molecule has 2 heterocycles. The summed E-state index contributed by atoms with van der Waals surface area (Å²) in [6, 6.07) is 8.10. The molecule has 1 aliphatic rings. The van der Waals surface area contributed by atoms with Gasteiger partial charge in [-0.1, -0.05) is 18.2 Å². The van der Waals surface area contributed by atoms with Gasteiger partial charge < -0.3 is 10.2 Å². The first-order chi connectivity index (χ1) is 8.40. The molecule has 3 rings (SSSR count). The summed E-state index contributed by atoms with van der Waals surface area (Å²) in [6.45, 7) is 4.50. The lowest BCUT2D eigenvalue weighted by molar-refractivity contribution is 1.01. The zero-order chi connectivity index (χ0) is 11.7. The van der Waals surface area contributed by atoms with Crippen LogP contribution in [0.1, 0.15) is 0 Å². The van der Waals surface area contributed by atoms with Crippen molar-refractivity contribution in [1.29, 1.82) is 0 Å². The Morgan fingerprint density at radius 1 is 1.24 bits per heavy atom. The Morgan fingerprint density at radius 3 is 2.94 bits per heavy atom. The van der Waals surface area contributed by atoms with E-state index in [9.17, 15) is 0 Å². The van der Waals surface area contributed by atoms with E-state index in [-0.39, 0.29) is 0 Å². The molecule has 17 heavy (non-hydrogen) atoms. The monoisotopic (exact) mass is 224 g/mol. The summed E-state index contributed by atoms with van der Waals surface area (Å²) in [7, 11) is 0. The fourth-order valence-electron chi connectivity index (χ4n) is 1.99. The first-order valence-corrected chi connectivity index (χ1v) is 5.45. The molecule has 2 aromatic rings. The average molecular weight is 224 g/mol. The largest absolute Gasteiger partial charge is 0.335 e. The van der Waals surface area contributed by atoms with Crippen LogP contribution in [0, 0.1) is 0 Å². The van der Waals surface area contributed by atoms with Crippen LogP contribution in [0.25, 0.3) is 0 Å². The summed E-state index contributed by atoms with van der Waals surface area (Å²) < 4.78 is 0. The number of para-hydroxylation sites is 2. The van der Waals surface area contributed by atoms with Gasteiger partial charge in [-0.15, -0.1) is 6.58 Å². The lowest BCUT2D eigenvalue weighted by Crippen LogP contribution is -2.24. The highest BCUT2D eigenvalue weighted by Crippen LogP contribution is 2.40. The van der Waals surface area contributed by atoms with E-state index < -0.39 is 0 Å². The number of hydrogen-bond acceptors (Lipinski definition) is 4. The molecule has 0 saturated heterocycles. The molecule has 0 bridgehead atoms. The van der Waals surface area contributed by atoms with Crippen LogP contribution in [-0.2, 0) is 0 Å². The Labute approximate surface area is 99.6 Å². The van der Waals surface area contributed by atoms with Gasteiger partial charge in [0.05, 0.1) is 11.4 Å². The minimum absolute atomic E-state index is 0.713. The maximum atomic E-state index is 4.37. The summed E-state index contributed by atoms with van der Waals surface area (Å²) in [5, 5.41) is 3.28. The van der Waals surface area contributed by atoms with Gasteiger partial charge in [0.25, 0.3) is 0 Å². The van der Waals surface area contributed by atoms with Crippen molar-refractivity contribution >= 4 is 23.0 Å². The van der Waals surface area contributed by atoms with Gasteiger partial charge in [0.1, 0.15) is 0 Å². The maximum absolute atomic E-state index is 4.37. The number of hydrogen-bond donors (Lipinski definition) is 1. The Morgan fingerprint density at radius 2 is 2.06 bits per heavy atom. The first-order valence-electron chi connectivity index (χ1n) is 5.45. The van der Waals surface area contributed by atoms with E-state index in [1.54, 1.807) is 12.4 Å². The molecule has 84 valence electrons. The number of aromatic nitrogens is 2. The molecular formula is C13H12N4. The number of nitrogens with one attached hydrogen (secondary N) is 1. The van der Waals surface area contributed by atoms with E-state index in [2.05, 4.69) is 32.8 Å². The molecule has 0 aliphatic carbocycles. The van der Waals surface area contributed by atoms with Crippen molar-refractivity contribution in [2.45, 2.75) is 0 Å². The second-order valence-corrected chi connectivity index (χ2v) is 3.77. The van der Waals surface area contributed by atoms with Crippen molar-refractivity contribution in [2.24, 2.45) is 0 Å². The molecule has 1 aromatic heterocycles. The highest BCUT2D eigenvalue weighted by atomic mass is 15.3. The van der Waals surface area contributed by atoms with E-state index in [4.69, 9.17) is 0 Å². The Bertz CT molecular complexity index is 519. The minimum atomic E-state index is 0.713. The molecule has 0 radical (unpaired) electrons. The van der Waals surface area contributed by atoms with Gasteiger partial charge in [-0.05, 0) is 12.1 Å². The molecule has 0 fully saturated rings. The predicted molar refractivity (Wildman–Crippen MR) is 69.0 cm³/mol. The molecular weight excluding hydrogens is 212 g/mol. The van der Waals surface area contributed by atoms with E-state index in [0.29, 0.717) is 6.54 Å². The molecule has 0 saturated carbocycles. The summed E-state index contributed by atoms with van der Waals surface area (Å²) >= 11 is 0. The smallest absolute Gasteiger partial charge is 0.176 e. The quantitative estimate of drug-likeness (QED) is 0.796. The Hall–Kier alpha value is -2.36. The van der Waals surface area contributed by atoms with Crippen LogP contribution >= 0.6 is 0 Å². The van der Waals surface area contributed by atoms with Crippen molar-refractivity contribution in [2.75, 3.05) is 16.8 Å². The SMILES string of the molecule is C=CCN1c2ccccc2Nc2nccnc21. The van der Waals surface area contributed by atoms with Gasteiger partial charge in [-0.3, -0.25) is 0 Å². The molecule has 1 N–H and O–H groups in total. The van der Waals surface area contributed by atoms with Gasteiger partial charge in [-0.25, -0.2) is 9.97 Å². The lowest BCUT2D eigenvalue weighted by Gasteiger charge is -2.30. The van der Waals surface area contributed by atoms with Crippen molar-refractivity contribution in [3.8, 4) is 0 Å². The molecule has 1 aromatic carbocycles. The van der Waals surface area contributed by atoms with Crippen LogP contribution in [0.5, 0.6) is 0 Å². The second-order valence-electron chi connectivity index (χ2n) is 3.77. The van der Waals surface area contributed by atoms with Gasteiger partial charge in [0, 0.05) is 18.9 Å². The van der Waals surface area contributed by atoms with Gasteiger partial charge >= 0.3 is 0 Å². The molecule has 1 aliphatic heterocycles. The van der Waals surface area contributed by atoms with Crippen molar-refractivity contribution < 1.29 is 0 Å². The van der Waals surface area contributed by atoms with Gasteiger partial charge in [0.2, 0.25) is 0 Å². The molecule has 0 spiro atoms. The van der Waals surface area contributed by atoms with Crippen molar-refractivity contribution in [3.05, 3.63) is 49.3 Å². The first kappa shape index (κ1) is 9.84. The fraction of sp³-hybridized carbons (Fsp3) is 0.0769. The standard InChI is InChI=1S/C13H12N4/c1-2-9-17-11-6-4-3-5-10(11)16-12-13(17)15-8-7-14-12/h2-8H,1,9H2,(H,14,16). The van der Waals surface area contributed by atoms with E-state index in [1.807, 2.05) is 24.3 Å².